The van der Waals surface area contributed by atoms with E-state index in [2.05, 4.69) is 41.0 Å². The Kier molecular flexibility index (Phi) is 4.72. The maximum Gasteiger partial charge on any atom is 0.238 e. The van der Waals surface area contributed by atoms with Crippen molar-refractivity contribution in [1.82, 2.24) is 29.5 Å². The molecule has 6 heteroatoms. The lowest BCUT2D eigenvalue weighted by atomic mass is 10.0. The third-order valence-electron chi connectivity index (χ3n) is 7.13. The number of hydrogen-bond donors (Lipinski definition) is 0. The van der Waals surface area contributed by atoms with Crippen molar-refractivity contribution in [2.75, 3.05) is 0 Å². The van der Waals surface area contributed by atoms with Crippen LogP contribution in [0.2, 0.25) is 0 Å². The van der Waals surface area contributed by atoms with E-state index in [1.807, 2.05) is 85.2 Å². The van der Waals surface area contributed by atoms with Crippen molar-refractivity contribution in [2.45, 2.75) is 0 Å². The molecule has 0 bridgehead atoms. The Balaban J connectivity index is 1.57. The molecule has 8 rings (SSSR count). The number of fused-ring (bicyclic) bond motifs is 8. The van der Waals surface area contributed by atoms with Crippen LogP contribution in [-0.2, 0) is 0 Å². The van der Waals surface area contributed by atoms with Crippen molar-refractivity contribution >= 4 is 43.6 Å². The molecule has 4 aromatic carbocycles. The Morgan fingerprint density at radius 2 is 1.00 bits per heavy atom. The summed E-state index contributed by atoms with van der Waals surface area (Å²) in [7, 11) is 0. The van der Waals surface area contributed by atoms with E-state index >= 15 is 0 Å². The highest BCUT2D eigenvalue weighted by molar-refractivity contribution is 6.30. The van der Waals surface area contributed by atoms with Crippen LogP contribution in [-0.4, -0.2) is 29.5 Å². The molecule has 0 spiro atoms. The van der Waals surface area contributed by atoms with Crippen LogP contribution in [0.3, 0.4) is 0 Å². The van der Waals surface area contributed by atoms with Gasteiger partial charge in [0.15, 0.2) is 11.6 Å². The van der Waals surface area contributed by atoms with Gasteiger partial charge in [0, 0.05) is 45.1 Å². The lowest BCUT2D eigenvalue weighted by Crippen LogP contribution is -2.06. The van der Waals surface area contributed by atoms with Gasteiger partial charge in [-0.3, -0.25) is 14.5 Å². The topological polar surface area (TPSA) is 69.4 Å². The summed E-state index contributed by atoms with van der Waals surface area (Å²) in [6.45, 7) is 0. The van der Waals surface area contributed by atoms with E-state index in [1.54, 1.807) is 0 Å². The first kappa shape index (κ1) is 21.6. The molecule has 0 unspecified atom stereocenters. The molecule has 0 aliphatic heterocycles. The molecule has 0 atom stereocenters. The van der Waals surface area contributed by atoms with Crippen molar-refractivity contribution in [2.24, 2.45) is 0 Å². The summed E-state index contributed by atoms with van der Waals surface area (Å²) in [5.74, 6) is 1.80. The summed E-state index contributed by atoms with van der Waals surface area (Å²) in [4.78, 5) is 24.5. The standard InChI is InChI=1S/C33H20N6/c1-3-11-21(12-4-1)31-36-32(22-13-5-2-6-14-22)38-33(37-31)39-26-18-8-7-15-23(26)27-24-16-9-19-34-28(24)29-25(30(27)39)17-10-20-35-29/h1-20H. The molecule has 4 aromatic heterocycles. The Hall–Kier alpha value is -5.49. The van der Waals surface area contributed by atoms with E-state index in [-0.39, 0.29) is 0 Å². The van der Waals surface area contributed by atoms with Gasteiger partial charge in [0.2, 0.25) is 5.95 Å². The smallest absolute Gasteiger partial charge is 0.238 e. The van der Waals surface area contributed by atoms with Crippen LogP contribution in [0.1, 0.15) is 0 Å². The molecular formula is C33H20N6. The zero-order valence-corrected chi connectivity index (χ0v) is 20.7. The van der Waals surface area contributed by atoms with Crippen LogP contribution in [0, 0.1) is 0 Å². The SMILES string of the molecule is c1ccc(-c2nc(-c3ccccc3)nc(-n3c4ccccc4c4c5cccnc5c5ncccc5c43)n2)cc1. The quantitative estimate of drug-likeness (QED) is 0.236. The Labute approximate surface area is 223 Å². The van der Waals surface area contributed by atoms with Crippen LogP contribution in [0.15, 0.2) is 122 Å². The van der Waals surface area contributed by atoms with Gasteiger partial charge in [0.25, 0.3) is 0 Å². The molecule has 0 aliphatic carbocycles. The largest absolute Gasteiger partial charge is 0.277 e. The van der Waals surface area contributed by atoms with Crippen LogP contribution in [0.5, 0.6) is 0 Å². The minimum absolute atomic E-state index is 0.558. The Bertz CT molecular complexity index is 2110. The maximum absolute atomic E-state index is 5.06. The predicted molar refractivity (Wildman–Crippen MR) is 156 cm³/mol. The first-order valence-electron chi connectivity index (χ1n) is 12.8. The summed E-state index contributed by atoms with van der Waals surface area (Å²) in [6, 6.07) is 36.7. The third kappa shape index (κ3) is 3.32. The lowest BCUT2D eigenvalue weighted by Gasteiger charge is -2.12. The number of hydrogen-bond acceptors (Lipinski definition) is 5. The third-order valence-corrected chi connectivity index (χ3v) is 7.13. The van der Waals surface area contributed by atoms with Crippen molar-refractivity contribution < 1.29 is 0 Å². The van der Waals surface area contributed by atoms with E-state index in [4.69, 9.17) is 24.9 Å². The Morgan fingerprint density at radius 1 is 0.462 bits per heavy atom. The molecule has 6 nitrogen and oxygen atoms in total. The molecule has 0 saturated heterocycles. The first-order valence-corrected chi connectivity index (χ1v) is 12.8. The van der Waals surface area contributed by atoms with Crippen molar-refractivity contribution in [3.8, 4) is 28.7 Å². The summed E-state index contributed by atoms with van der Waals surface area (Å²) in [5.41, 5.74) is 5.61. The average molecular weight is 501 g/mol. The number of pyridine rings is 2. The highest BCUT2D eigenvalue weighted by Gasteiger charge is 2.22. The van der Waals surface area contributed by atoms with E-state index in [1.165, 1.54) is 0 Å². The van der Waals surface area contributed by atoms with Crippen LogP contribution >= 0.6 is 0 Å². The van der Waals surface area contributed by atoms with E-state index in [9.17, 15) is 0 Å². The molecule has 0 amide bonds. The molecule has 0 N–H and O–H groups in total. The van der Waals surface area contributed by atoms with Gasteiger partial charge in [-0.15, -0.1) is 0 Å². The van der Waals surface area contributed by atoms with E-state index in [0.29, 0.717) is 17.6 Å². The minimum atomic E-state index is 0.558. The molecule has 4 heterocycles. The summed E-state index contributed by atoms with van der Waals surface area (Å²) in [6.07, 6.45) is 3.64. The normalized spacial score (nSPS) is 11.6. The van der Waals surface area contributed by atoms with Gasteiger partial charge in [-0.1, -0.05) is 84.9 Å². The monoisotopic (exact) mass is 500 g/mol. The molecule has 0 aliphatic rings. The van der Waals surface area contributed by atoms with Gasteiger partial charge in [0.1, 0.15) is 0 Å². The van der Waals surface area contributed by atoms with Gasteiger partial charge in [-0.25, -0.2) is 4.98 Å². The molecule has 0 radical (unpaired) electrons. The lowest BCUT2D eigenvalue weighted by molar-refractivity contribution is 0.955. The van der Waals surface area contributed by atoms with Gasteiger partial charge in [-0.2, -0.15) is 9.97 Å². The van der Waals surface area contributed by atoms with E-state index < -0.39 is 0 Å². The zero-order chi connectivity index (χ0) is 25.8. The second kappa shape index (κ2) is 8.53. The molecule has 0 saturated carbocycles. The number of nitrogens with zero attached hydrogens (tertiary/aromatic N) is 6. The van der Waals surface area contributed by atoms with Gasteiger partial charge >= 0.3 is 0 Å². The predicted octanol–water partition coefficient (Wildman–Crippen LogP) is 7.40. The Morgan fingerprint density at radius 3 is 1.67 bits per heavy atom. The molecule has 0 fully saturated rings. The molecular weight excluding hydrogens is 480 g/mol. The van der Waals surface area contributed by atoms with Crippen molar-refractivity contribution in [1.29, 1.82) is 0 Å². The number of rotatable bonds is 3. The number of aromatic nitrogens is 6. The fourth-order valence-corrected chi connectivity index (χ4v) is 5.45. The minimum Gasteiger partial charge on any atom is -0.277 e. The average Bonchev–Trinajstić information content (AvgIpc) is 3.38. The molecule has 8 aromatic rings. The second-order valence-electron chi connectivity index (χ2n) is 9.39. The first-order chi connectivity index (χ1) is 19.4. The van der Waals surface area contributed by atoms with Gasteiger partial charge in [0.05, 0.1) is 22.1 Å². The summed E-state index contributed by atoms with van der Waals surface area (Å²) < 4.78 is 2.15. The summed E-state index contributed by atoms with van der Waals surface area (Å²) in [5, 5.41) is 4.27. The highest BCUT2D eigenvalue weighted by Crippen LogP contribution is 2.40. The zero-order valence-electron chi connectivity index (χ0n) is 20.7. The number of para-hydroxylation sites is 1. The van der Waals surface area contributed by atoms with Gasteiger partial charge < -0.3 is 0 Å². The molecule has 182 valence electrons. The second-order valence-corrected chi connectivity index (χ2v) is 9.39. The van der Waals surface area contributed by atoms with Crippen molar-refractivity contribution in [3.05, 3.63) is 122 Å². The van der Waals surface area contributed by atoms with E-state index in [0.717, 1.165) is 54.7 Å². The van der Waals surface area contributed by atoms with Crippen LogP contribution < -0.4 is 0 Å². The highest BCUT2D eigenvalue weighted by atomic mass is 15.2. The van der Waals surface area contributed by atoms with Crippen LogP contribution in [0.4, 0.5) is 0 Å². The summed E-state index contributed by atoms with van der Waals surface area (Å²) >= 11 is 0. The fraction of sp³-hybridized carbons (Fsp3) is 0. The fourth-order valence-electron chi connectivity index (χ4n) is 5.45. The molecule has 39 heavy (non-hydrogen) atoms. The van der Waals surface area contributed by atoms with Crippen molar-refractivity contribution in [3.63, 3.8) is 0 Å². The van der Waals surface area contributed by atoms with Crippen LogP contribution in [0.25, 0.3) is 72.3 Å². The maximum atomic E-state index is 5.06. The number of benzene rings is 4. The van der Waals surface area contributed by atoms with Gasteiger partial charge in [-0.05, 0) is 24.3 Å².